The van der Waals surface area contributed by atoms with E-state index < -0.39 is 0 Å². The third-order valence-electron chi connectivity index (χ3n) is 5.64. The number of fused-ring (bicyclic) bond motifs is 1. The van der Waals surface area contributed by atoms with Crippen LogP contribution in [0.1, 0.15) is 23.6 Å². The molecule has 2 aromatic carbocycles. The Hall–Kier alpha value is -3.67. The quantitative estimate of drug-likeness (QED) is 0.531. The van der Waals surface area contributed by atoms with Crippen LogP contribution in [-0.4, -0.2) is 26.6 Å². The second kappa shape index (κ2) is 7.63. The van der Waals surface area contributed by atoms with E-state index in [1.165, 1.54) is 11.1 Å². The third kappa shape index (κ3) is 3.30. The van der Waals surface area contributed by atoms with Crippen LogP contribution in [0.15, 0.2) is 67.1 Å². The van der Waals surface area contributed by atoms with Crippen molar-refractivity contribution in [3.63, 3.8) is 0 Å². The highest BCUT2D eigenvalue weighted by Crippen LogP contribution is 2.35. The van der Waals surface area contributed by atoms with Crippen molar-refractivity contribution in [1.29, 1.82) is 0 Å². The summed E-state index contributed by atoms with van der Waals surface area (Å²) in [5.41, 5.74) is 5.43. The molecule has 0 saturated carbocycles. The predicted octanol–water partition coefficient (Wildman–Crippen LogP) is 4.65. The molecule has 1 aliphatic rings. The molecule has 0 saturated heterocycles. The molecule has 0 unspecified atom stereocenters. The molecule has 1 N–H and O–H groups in total. The molecule has 4 aromatic rings. The fourth-order valence-electron chi connectivity index (χ4n) is 4.08. The Balaban J connectivity index is 1.56. The van der Waals surface area contributed by atoms with Crippen LogP contribution in [0.3, 0.4) is 0 Å². The molecule has 0 aliphatic heterocycles. The number of aromatic nitrogens is 4. The maximum atomic E-state index is 5.40. The zero-order valence-corrected chi connectivity index (χ0v) is 17.0. The highest BCUT2D eigenvalue weighted by atomic mass is 16.5. The number of hydrogen-bond donors (Lipinski definition) is 1. The van der Waals surface area contributed by atoms with Gasteiger partial charge < -0.3 is 14.6 Å². The fourth-order valence-corrected chi connectivity index (χ4v) is 4.08. The van der Waals surface area contributed by atoms with Crippen LogP contribution in [-0.2, 0) is 13.5 Å². The standard InChI is InChI=1S/C24H23N5O/c1-29-13-12-25-23(29)22-20(17-7-5-8-18(14-17)30-2)15-26-24(28-22)27-21-11-10-16-6-3-4-9-19(16)21/h3-9,12-15,21H,10-11H2,1-2H3,(H,26,27,28)/t21-/m0/s1. The highest BCUT2D eigenvalue weighted by Gasteiger charge is 2.23. The summed E-state index contributed by atoms with van der Waals surface area (Å²) in [5, 5.41) is 3.54. The lowest BCUT2D eigenvalue weighted by molar-refractivity contribution is 0.415. The zero-order chi connectivity index (χ0) is 20.5. The van der Waals surface area contributed by atoms with E-state index in [0.717, 1.165) is 41.2 Å². The van der Waals surface area contributed by atoms with E-state index >= 15 is 0 Å². The molecule has 6 nitrogen and oxygen atoms in total. The van der Waals surface area contributed by atoms with E-state index in [1.54, 1.807) is 13.3 Å². The number of nitrogens with one attached hydrogen (secondary N) is 1. The van der Waals surface area contributed by atoms with E-state index in [2.05, 4.69) is 39.6 Å². The monoisotopic (exact) mass is 397 g/mol. The first-order valence-corrected chi connectivity index (χ1v) is 10.1. The number of imidazole rings is 1. The second-order valence-corrected chi connectivity index (χ2v) is 7.48. The molecule has 0 amide bonds. The van der Waals surface area contributed by atoms with Crippen molar-refractivity contribution >= 4 is 5.95 Å². The average Bonchev–Trinajstić information content (AvgIpc) is 3.40. The van der Waals surface area contributed by atoms with Crippen LogP contribution in [0.5, 0.6) is 5.75 Å². The van der Waals surface area contributed by atoms with Crippen molar-refractivity contribution in [3.05, 3.63) is 78.2 Å². The zero-order valence-electron chi connectivity index (χ0n) is 17.0. The lowest BCUT2D eigenvalue weighted by Crippen LogP contribution is -2.11. The number of hydrogen-bond acceptors (Lipinski definition) is 5. The average molecular weight is 397 g/mol. The highest BCUT2D eigenvalue weighted by molar-refractivity contribution is 5.78. The summed E-state index contributed by atoms with van der Waals surface area (Å²) in [6.07, 6.45) is 7.69. The van der Waals surface area contributed by atoms with E-state index in [9.17, 15) is 0 Å². The summed E-state index contributed by atoms with van der Waals surface area (Å²) < 4.78 is 7.38. The van der Waals surface area contributed by atoms with Gasteiger partial charge in [-0.25, -0.2) is 15.0 Å². The van der Waals surface area contributed by atoms with Crippen molar-refractivity contribution in [2.24, 2.45) is 7.05 Å². The molecule has 2 aromatic heterocycles. The van der Waals surface area contributed by atoms with Gasteiger partial charge in [-0.15, -0.1) is 0 Å². The normalized spacial score (nSPS) is 15.1. The predicted molar refractivity (Wildman–Crippen MR) is 117 cm³/mol. The molecule has 6 heteroatoms. The van der Waals surface area contributed by atoms with Crippen molar-refractivity contribution in [1.82, 2.24) is 19.5 Å². The molecule has 0 bridgehead atoms. The van der Waals surface area contributed by atoms with Gasteiger partial charge >= 0.3 is 0 Å². The minimum Gasteiger partial charge on any atom is -0.497 e. The molecule has 2 heterocycles. The Morgan fingerprint density at radius 1 is 1.10 bits per heavy atom. The first-order valence-electron chi connectivity index (χ1n) is 10.1. The summed E-state index contributed by atoms with van der Waals surface area (Å²) in [4.78, 5) is 14.1. The Labute approximate surface area is 175 Å². The smallest absolute Gasteiger partial charge is 0.223 e. The van der Waals surface area contributed by atoms with Crippen molar-refractivity contribution in [3.8, 4) is 28.4 Å². The molecule has 1 aliphatic carbocycles. The number of benzene rings is 2. The molecule has 0 radical (unpaired) electrons. The third-order valence-corrected chi connectivity index (χ3v) is 5.64. The molecule has 0 spiro atoms. The van der Waals surface area contributed by atoms with Gasteiger partial charge in [0.1, 0.15) is 11.4 Å². The molecule has 1 atom stereocenters. The van der Waals surface area contributed by atoms with Gasteiger partial charge in [-0.2, -0.15) is 0 Å². The van der Waals surface area contributed by atoms with Crippen LogP contribution in [0.25, 0.3) is 22.6 Å². The van der Waals surface area contributed by atoms with E-state index in [0.29, 0.717) is 5.95 Å². The maximum Gasteiger partial charge on any atom is 0.223 e. The number of ether oxygens (including phenoxy) is 1. The molecule has 5 rings (SSSR count). The lowest BCUT2D eigenvalue weighted by Gasteiger charge is -2.16. The van der Waals surface area contributed by atoms with E-state index in [-0.39, 0.29) is 6.04 Å². The summed E-state index contributed by atoms with van der Waals surface area (Å²) in [5.74, 6) is 2.20. The summed E-state index contributed by atoms with van der Waals surface area (Å²) in [6.45, 7) is 0. The molecular formula is C24H23N5O. The topological polar surface area (TPSA) is 64.9 Å². The number of anilines is 1. The summed E-state index contributed by atoms with van der Waals surface area (Å²) >= 11 is 0. The van der Waals surface area contributed by atoms with Gasteiger partial charge in [-0.3, -0.25) is 0 Å². The Bertz CT molecular complexity index is 1200. The summed E-state index contributed by atoms with van der Waals surface area (Å²) in [6, 6.07) is 16.7. The Morgan fingerprint density at radius 2 is 2.00 bits per heavy atom. The minimum absolute atomic E-state index is 0.220. The van der Waals surface area contributed by atoms with Crippen LogP contribution in [0.2, 0.25) is 0 Å². The van der Waals surface area contributed by atoms with Gasteiger partial charge in [0.15, 0.2) is 5.82 Å². The number of aryl methyl sites for hydroxylation is 2. The molecular weight excluding hydrogens is 374 g/mol. The van der Waals surface area contributed by atoms with Crippen molar-refractivity contribution in [2.75, 3.05) is 12.4 Å². The number of nitrogens with zero attached hydrogens (tertiary/aromatic N) is 4. The van der Waals surface area contributed by atoms with E-state index in [1.807, 2.05) is 48.3 Å². The Kier molecular flexibility index (Phi) is 4.67. The van der Waals surface area contributed by atoms with Crippen LogP contribution >= 0.6 is 0 Å². The largest absolute Gasteiger partial charge is 0.497 e. The van der Waals surface area contributed by atoms with Crippen LogP contribution < -0.4 is 10.1 Å². The fraction of sp³-hybridized carbons (Fsp3) is 0.208. The van der Waals surface area contributed by atoms with Gasteiger partial charge in [0.05, 0.1) is 13.2 Å². The van der Waals surface area contributed by atoms with Crippen molar-refractivity contribution in [2.45, 2.75) is 18.9 Å². The molecule has 150 valence electrons. The van der Waals surface area contributed by atoms with Crippen LogP contribution in [0.4, 0.5) is 5.95 Å². The van der Waals surface area contributed by atoms with Gasteiger partial charge in [0.25, 0.3) is 0 Å². The van der Waals surface area contributed by atoms with Gasteiger partial charge in [-0.1, -0.05) is 36.4 Å². The second-order valence-electron chi connectivity index (χ2n) is 7.48. The lowest BCUT2D eigenvalue weighted by atomic mass is 10.0. The summed E-state index contributed by atoms with van der Waals surface area (Å²) in [7, 11) is 3.64. The first kappa shape index (κ1) is 18.4. The number of methoxy groups -OCH3 is 1. The number of rotatable bonds is 5. The van der Waals surface area contributed by atoms with Gasteiger partial charge in [0.2, 0.25) is 5.95 Å². The van der Waals surface area contributed by atoms with Crippen LogP contribution in [0, 0.1) is 0 Å². The first-order chi connectivity index (χ1) is 14.7. The van der Waals surface area contributed by atoms with Crippen molar-refractivity contribution < 1.29 is 4.74 Å². The van der Waals surface area contributed by atoms with E-state index in [4.69, 9.17) is 9.72 Å². The van der Waals surface area contributed by atoms with Gasteiger partial charge in [-0.05, 0) is 41.7 Å². The maximum absolute atomic E-state index is 5.40. The molecule has 0 fully saturated rings. The van der Waals surface area contributed by atoms with Gasteiger partial charge in [0, 0.05) is 31.2 Å². The SMILES string of the molecule is COc1cccc(-c2cnc(N[C@H]3CCc4ccccc43)nc2-c2nccn2C)c1. The minimum atomic E-state index is 0.220. The Morgan fingerprint density at radius 3 is 2.83 bits per heavy atom. The molecule has 30 heavy (non-hydrogen) atoms.